The van der Waals surface area contributed by atoms with Crippen LogP contribution in [-0.4, -0.2) is 32.8 Å². The number of nitrogens with zero attached hydrogens (tertiary/aromatic N) is 7. The number of aryl methyl sites for hydroxylation is 1. The zero-order chi connectivity index (χ0) is 21.2. The molecule has 164 valence electrons. The van der Waals surface area contributed by atoms with E-state index in [1.54, 1.807) is 0 Å². The van der Waals surface area contributed by atoms with E-state index in [9.17, 15) is 0 Å². The van der Waals surface area contributed by atoms with Gasteiger partial charge < -0.3 is 21.9 Å². The first-order chi connectivity index (χ1) is 15.2. The number of aromatic amines is 1. The summed E-state index contributed by atoms with van der Waals surface area (Å²) in [5, 5.41) is 17.5. The molecule has 10 heteroatoms. The van der Waals surface area contributed by atoms with Crippen LogP contribution in [0.15, 0.2) is 71.5 Å². The van der Waals surface area contributed by atoms with Crippen molar-refractivity contribution < 1.29 is 21.5 Å². The number of rotatable bonds is 7. The standard InChI is InChI=1S/C22H23N8S.BrH/c1-3-30(11-10-29-9-8-28(2)15-29)18-6-4-17(5-7-18)25-27-22-24-20-13-19-16(14-23-26-19)12-21(20)31-22;/h4-9,12-15H,3,10-11H2,1-2H3,(H,23,26);1H/q+1;/p-1/b27-25+;. The van der Waals surface area contributed by atoms with Crippen LogP contribution in [0.25, 0.3) is 21.1 Å². The third kappa shape index (κ3) is 4.71. The molecular formula is C22H23BrN8S. The molecule has 0 spiro atoms. The first-order valence-corrected chi connectivity index (χ1v) is 11.0. The average molecular weight is 511 g/mol. The fraction of sp³-hybridized carbons (Fsp3) is 0.227. The summed E-state index contributed by atoms with van der Waals surface area (Å²) in [6, 6.07) is 12.3. The summed E-state index contributed by atoms with van der Waals surface area (Å²) >= 11 is 1.53. The Hall–Kier alpha value is -3.11. The van der Waals surface area contributed by atoms with Crippen LogP contribution in [0.2, 0.25) is 0 Å². The minimum absolute atomic E-state index is 0. The van der Waals surface area contributed by atoms with Crippen LogP contribution in [0.4, 0.5) is 16.5 Å². The highest BCUT2D eigenvalue weighted by Crippen LogP contribution is 2.32. The van der Waals surface area contributed by atoms with Crippen LogP contribution >= 0.6 is 11.3 Å². The lowest BCUT2D eigenvalue weighted by Crippen LogP contribution is -3.00. The van der Waals surface area contributed by atoms with E-state index in [0.29, 0.717) is 5.13 Å². The Morgan fingerprint density at radius 1 is 1.19 bits per heavy atom. The van der Waals surface area contributed by atoms with Gasteiger partial charge in [-0.3, -0.25) is 5.10 Å². The maximum absolute atomic E-state index is 4.57. The molecule has 0 aliphatic rings. The molecule has 0 radical (unpaired) electrons. The average Bonchev–Trinajstić information content (AvgIpc) is 3.50. The molecule has 0 unspecified atom stereocenters. The first kappa shape index (κ1) is 22.1. The van der Waals surface area contributed by atoms with Gasteiger partial charge in [0.05, 0.1) is 41.2 Å². The molecule has 32 heavy (non-hydrogen) atoms. The molecule has 0 aliphatic carbocycles. The number of thiazole rings is 1. The molecule has 0 aliphatic heterocycles. The Kier molecular flexibility index (Phi) is 6.61. The van der Waals surface area contributed by atoms with Crippen LogP contribution < -0.4 is 26.4 Å². The van der Waals surface area contributed by atoms with Crippen molar-refractivity contribution in [3.05, 3.63) is 61.3 Å². The van der Waals surface area contributed by atoms with Crippen molar-refractivity contribution in [2.75, 3.05) is 18.0 Å². The predicted molar refractivity (Wildman–Crippen MR) is 123 cm³/mol. The summed E-state index contributed by atoms with van der Waals surface area (Å²) in [6.45, 7) is 5.01. The molecule has 5 rings (SSSR count). The molecule has 2 aromatic carbocycles. The van der Waals surface area contributed by atoms with E-state index in [1.165, 1.54) is 17.0 Å². The molecule has 0 saturated heterocycles. The summed E-state index contributed by atoms with van der Waals surface area (Å²) in [5.74, 6) is 0. The van der Waals surface area contributed by atoms with E-state index in [0.717, 1.165) is 46.4 Å². The van der Waals surface area contributed by atoms with E-state index < -0.39 is 0 Å². The fourth-order valence-electron chi connectivity index (χ4n) is 3.57. The van der Waals surface area contributed by atoms with Crippen LogP contribution in [0.3, 0.4) is 0 Å². The van der Waals surface area contributed by atoms with Crippen LogP contribution in [0, 0.1) is 0 Å². The van der Waals surface area contributed by atoms with Crippen LogP contribution in [0.1, 0.15) is 6.92 Å². The van der Waals surface area contributed by atoms with Gasteiger partial charge in [0.2, 0.25) is 11.5 Å². The molecule has 5 aromatic rings. The minimum atomic E-state index is 0. The molecule has 0 fully saturated rings. The zero-order valence-electron chi connectivity index (χ0n) is 17.8. The predicted octanol–water partition coefficient (Wildman–Crippen LogP) is 1.74. The van der Waals surface area contributed by atoms with Gasteiger partial charge in [0.15, 0.2) is 0 Å². The van der Waals surface area contributed by atoms with Gasteiger partial charge in [-0.1, -0.05) is 11.3 Å². The van der Waals surface area contributed by atoms with Crippen molar-refractivity contribution >= 4 is 49.0 Å². The Balaban J connectivity index is 0.00000245. The van der Waals surface area contributed by atoms with Gasteiger partial charge in [-0.05, 0) is 43.3 Å². The molecule has 3 heterocycles. The number of H-pyrrole nitrogens is 1. The number of anilines is 1. The summed E-state index contributed by atoms with van der Waals surface area (Å²) in [5.41, 5.74) is 3.87. The fourth-order valence-corrected chi connectivity index (χ4v) is 4.38. The Morgan fingerprint density at radius 3 is 2.78 bits per heavy atom. The summed E-state index contributed by atoms with van der Waals surface area (Å²) < 4.78 is 5.33. The number of benzene rings is 2. The van der Waals surface area contributed by atoms with Crippen molar-refractivity contribution in [2.24, 2.45) is 17.3 Å². The molecular weight excluding hydrogens is 488 g/mol. The maximum Gasteiger partial charge on any atom is 0.243 e. The number of likely N-dealkylation sites (N-methyl/N-ethyl adjacent to an activating group) is 1. The lowest BCUT2D eigenvalue weighted by atomic mass is 10.2. The number of aromatic nitrogens is 5. The number of azo groups is 1. The van der Waals surface area contributed by atoms with Crippen molar-refractivity contribution in [1.29, 1.82) is 0 Å². The summed E-state index contributed by atoms with van der Waals surface area (Å²) in [4.78, 5) is 6.92. The van der Waals surface area contributed by atoms with Crippen molar-refractivity contribution in [3.63, 3.8) is 0 Å². The number of hydrogen-bond donors (Lipinski definition) is 1. The van der Waals surface area contributed by atoms with Crippen molar-refractivity contribution in [2.45, 2.75) is 13.5 Å². The molecule has 0 amide bonds. The van der Waals surface area contributed by atoms with Crippen molar-refractivity contribution in [1.82, 2.24) is 19.7 Å². The third-order valence-corrected chi connectivity index (χ3v) is 6.14. The lowest BCUT2D eigenvalue weighted by molar-refractivity contribution is -0.671. The normalized spacial score (nSPS) is 11.4. The maximum atomic E-state index is 4.57. The van der Waals surface area contributed by atoms with E-state index in [1.807, 2.05) is 31.4 Å². The second kappa shape index (κ2) is 9.58. The van der Waals surface area contributed by atoms with E-state index in [-0.39, 0.29) is 17.0 Å². The molecule has 3 aromatic heterocycles. The lowest BCUT2D eigenvalue weighted by Gasteiger charge is -2.22. The SMILES string of the molecule is CCN(CCn1cc[n+](C)c1)c1ccc(/N=N/c2nc3cc4[nH]ncc4cc3s2)cc1.[Br-]. The molecule has 1 N–H and O–H groups in total. The second-order valence-electron chi connectivity index (χ2n) is 7.39. The second-order valence-corrected chi connectivity index (χ2v) is 8.40. The zero-order valence-corrected chi connectivity index (χ0v) is 20.2. The largest absolute Gasteiger partial charge is 1.00 e. The highest BCUT2D eigenvalue weighted by molar-refractivity contribution is 7.22. The quantitative estimate of drug-likeness (QED) is 0.267. The van der Waals surface area contributed by atoms with E-state index in [2.05, 4.69) is 83.3 Å². The van der Waals surface area contributed by atoms with Gasteiger partial charge in [-0.25, -0.2) is 14.1 Å². The topological polar surface area (TPSA) is 78.3 Å². The highest BCUT2D eigenvalue weighted by Gasteiger charge is 2.08. The molecule has 0 saturated carbocycles. The van der Waals surface area contributed by atoms with Crippen LogP contribution in [0.5, 0.6) is 0 Å². The van der Waals surface area contributed by atoms with Gasteiger partial charge in [0.25, 0.3) is 0 Å². The Labute approximate surface area is 200 Å². The first-order valence-electron chi connectivity index (χ1n) is 10.2. The monoisotopic (exact) mass is 510 g/mol. The van der Waals surface area contributed by atoms with E-state index in [4.69, 9.17) is 0 Å². The number of hydrogen-bond acceptors (Lipinski definition) is 6. The van der Waals surface area contributed by atoms with E-state index >= 15 is 0 Å². The smallest absolute Gasteiger partial charge is 0.243 e. The number of fused-ring (bicyclic) bond motifs is 2. The Morgan fingerprint density at radius 2 is 2.03 bits per heavy atom. The number of halogens is 1. The number of nitrogens with one attached hydrogen (secondary N) is 1. The molecule has 0 atom stereocenters. The minimum Gasteiger partial charge on any atom is -1.00 e. The number of imidazole rings is 1. The third-order valence-electron chi connectivity index (χ3n) is 5.24. The highest BCUT2D eigenvalue weighted by atomic mass is 79.9. The van der Waals surface area contributed by atoms with Gasteiger partial charge in [0.1, 0.15) is 18.9 Å². The van der Waals surface area contributed by atoms with Crippen molar-refractivity contribution in [3.8, 4) is 0 Å². The van der Waals surface area contributed by atoms with Gasteiger partial charge in [-0.15, -0.1) is 10.2 Å². The summed E-state index contributed by atoms with van der Waals surface area (Å²) in [6.07, 6.45) is 8.06. The summed E-state index contributed by atoms with van der Waals surface area (Å²) in [7, 11) is 2.04. The van der Waals surface area contributed by atoms with Gasteiger partial charge in [-0.2, -0.15) is 5.10 Å². The van der Waals surface area contributed by atoms with Gasteiger partial charge >= 0.3 is 0 Å². The molecule has 0 bridgehead atoms. The molecule has 8 nitrogen and oxygen atoms in total. The van der Waals surface area contributed by atoms with Gasteiger partial charge in [0, 0.05) is 17.6 Å². The van der Waals surface area contributed by atoms with Crippen LogP contribution in [-0.2, 0) is 13.6 Å². The Bertz CT molecular complexity index is 1300.